The molecule has 11 heteroatoms. The molecule has 1 saturated heterocycles. The van der Waals surface area contributed by atoms with Gasteiger partial charge in [0.05, 0.1) is 37.2 Å². The van der Waals surface area contributed by atoms with Crippen molar-refractivity contribution in [3.8, 4) is 5.75 Å². The molecule has 5 atom stereocenters. The van der Waals surface area contributed by atoms with Crippen molar-refractivity contribution in [3.05, 3.63) is 28.5 Å². The van der Waals surface area contributed by atoms with Crippen LogP contribution in [-0.2, 0) is 14.3 Å². The number of aliphatic carboxylic acids is 2. The molecular formula is C21H29ClF2N2O6. The molecule has 1 heterocycles. The zero-order valence-corrected chi connectivity index (χ0v) is 18.9. The van der Waals surface area contributed by atoms with E-state index in [9.17, 15) is 24.2 Å². The molecule has 2 rings (SSSR count). The maximum absolute atomic E-state index is 15.6. The third-order valence-electron chi connectivity index (χ3n) is 6.61. The van der Waals surface area contributed by atoms with Crippen LogP contribution in [0.4, 0.5) is 8.78 Å². The lowest BCUT2D eigenvalue weighted by Crippen LogP contribution is -2.71. The lowest BCUT2D eigenvalue weighted by molar-refractivity contribution is -0.175. The molecule has 180 valence electrons. The Bertz CT molecular complexity index is 860. The largest absolute Gasteiger partial charge is 0.494 e. The van der Waals surface area contributed by atoms with Gasteiger partial charge in [-0.25, -0.2) is 8.78 Å². The number of carboxylic acid groups (broad SMARTS) is 2. The Morgan fingerprint density at radius 3 is 2.41 bits per heavy atom. The maximum Gasteiger partial charge on any atom is 0.311 e. The van der Waals surface area contributed by atoms with E-state index in [4.69, 9.17) is 26.8 Å². The molecule has 1 fully saturated rings. The second-order valence-electron chi connectivity index (χ2n) is 7.99. The number of carboxylic acids is 2. The number of alkyl halides is 1. The van der Waals surface area contributed by atoms with E-state index in [1.807, 2.05) is 0 Å². The summed E-state index contributed by atoms with van der Waals surface area (Å²) in [5, 5.41) is 23.3. The Hall–Kier alpha value is -2.01. The maximum atomic E-state index is 15.6. The summed E-state index contributed by atoms with van der Waals surface area (Å²) in [6.45, 7) is 1.67. The fraction of sp³-hybridized carbons (Fsp3) is 0.619. The average molecular weight is 479 g/mol. The number of nitrogens with two attached hydrogens (primary N) is 1. The summed E-state index contributed by atoms with van der Waals surface area (Å²) in [6, 6.07) is 0.146. The van der Waals surface area contributed by atoms with Gasteiger partial charge in [0.25, 0.3) is 0 Å². The number of ether oxygens (including phenoxy) is 2. The van der Waals surface area contributed by atoms with Crippen molar-refractivity contribution >= 4 is 23.5 Å². The molecule has 1 aromatic carbocycles. The Labute approximate surface area is 190 Å². The highest BCUT2D eigenvalue weighted by molar-refractivity contribution is 6.31. The standard InChI is InChI=1S/C21H29ClF2N2O6/c1-4-21(19(29)30)14(10-32-8-7-25)26-13(9-23)20(2,18(27)28)17(21)15-11(22)5-6-12(31-3)16(15)24/h5-6,13-14,17,26H,4,7-10,25H2,1-3H3,(H,27,28)(H,29,30). The molecule has 0 bridgehead atoms. The third-order valence-corrected chi connectivity index (χ3v) is 6.94. The first-order chi connectivity index (χ1) is 15.1. The van der Waals surface area contributed by atoms with Crippen LogP contribution in [0.2, 0.25) is 5.02 Å². The molecule has 0 aliphatic carbocycles. The summed E-state index contributed by atoms with van der Waals surface area (Å²) in [6.07, 6.45) is -0.120. The van der Waals surface area contributed by atoms with Gasteiger partial charge in [-0.2, -0.15) is 0 Å². The van der Waals surface area contributed by atoms with Crippen molar-refractivity contribution in [2.45, 2.75) is 38.3 Å². The molecular weight excluding hydrogens is 450 g/mol. The minimum absolute atomic E-state index is 0.104. The molecule has 1 aliphatic heterocycles. The Kier molecular flexibility index (Phi) is 8.44. The first kappa shape index (κ1) is 26.2. The second kappa shape index (κ2) is 10.3. The van der Waals surface area contributed by atoms with Crippen LogP contribution in [0.5, 0.6) is 5.75 Å². The number of methoxy groups -OCH3 is 1. The number of rotatable bonds is 10. The van der Waals surface area contributed by atoms with Gasteiger partial charge >= 0.3 is 11.9 Å². The highest BCUT2D eigenvalue weighted by atomic mass is 35.5. The van der Waals surface area contributed by atoms with Crippen LogP contribution in [-0.4, -0.2) is 67.8 Å². The number of carbonyl (C=O) groups is 2. The van der Waals surface area contributed by atoms with E-state index >= 15 is 4.39 Å². The zero-order chi connectivity index (χ0) is 24.3. The summed E-state index contributed by atoms with van der Waals surface area (Å²) in [5.74, 6) is -5.67. The Morgan fingerprint density at radius 1 is 1.28 bits per heavy atom. The van der Waals surface area contributed by atoms with Crippen molar-refractivity contribution in [3.63, 3.8) is 0 Å². The Balaban J connectivity index is 2.93. The monoisotopic (exact) mass is 478 g/mol. The molecule has 8 nitrogen and oxygen atoms in total. The summed E-state index contributed by atoms with van der Waals surface area (Å²) in [5.41, 5.74) is 1.11. The summed E-state index contributed by atoms with van der Waals surface area (Å²) >= 11 is 6.33. The lowest BCUT2D eigenvalue weighted by Gasteiger charge is -2.56. The number of hydrogen-bond acceptors (Lipinski definition) is 6. The highest BCUT2D eigenvalue weighted by Gasteiger charge is 2.67. The average Bonchev–Trinajstić information content (AvgIpc) is 2.75. The van der Waals surface area contributed by atoms with Gasteiger partial charge in [0.15, 0.2) is 11.6 Å². The molecule has 5 N–H and O–H groups in total. The van der Waals surface area contributed by atoms with Gasteiger partial charge in [-0.3, -0.25) is 9.59 Å². The van der Waals surface area contributed by atoms with Gasteiger partial charge in [0.2, 0.25) is 0 Å². The second-order valence-corrected chi connectivity index (χ2v) is 8.39. The molecule has 0 spiro atoms. The normalized spacial score (nSPS) is 30.2. The summed E-state index contributed by atoms with van der Waals surface area (Å²) < 4.78 is 40.3. The summed E-state index contributed by atoms with van der Waals surface area (Å²) in [7, 11) is 1.22. The highest BCUT2D eigenvalue weighted by Crippen LogP contribution is 2.59. The predicted molar refractivity (Wildman–Crippen MR) is 113 cm³/mol. The smallest absolute Gasteiger partial charge is 0.311 e. The van der Waals surface area contributed by atoms with Crippen LogP contribution in [0.1, 0.15) is 31.7 Å². The molecule has 0 radical (unpaired) electrons. The number of hydrogen-bond donors (Lipinski definition) is 4. The minimum atomic E-state index is -2.08. The topological polar surface area (TPSA) is 131 Å². The van der Waals surface area contributed by atoms with E-state index in [-0.39, 0.29) is 42.5 Å². The molecule has 32 heavy (non-hydrogen) atoms. The van der Waals surface area contributed by atoms with Crippen molar-refractivity contribution in [2.75, 3.05) is 33.5 Å². The van der Waals surface area contributed by atoms with E-state index in [2.05, 4.69) is 5.32 Å². The van der Waals surface area contributed by atoms with Crippen LogP contribution in [0.3, 0.4) is 0 Å². The number of piperidine rings is 1. The fourth-order valence-electron chi connectivity index (χ4n) is 4.86. The number of benzene rings is 1. The van der Waals surface area contributed by atoms with E-state index < -0.39 is 53.3 Å². The van der Waals surface area contributed by atoms with Crippen molar-refractivity contribution in [2.24, 2.45) is 16.6 Å². The first-order valence-electron chi connectivity index (χ1n) is 10.2. The van der Waals surface area contributed by atoms with E-state index in [1.165, 1.54) is 26.2 Å². The van der Waals surface area contributed by atoms with Gasteiger partial charge in [0, 0.05) is 29.1 Å². The van der Waals surface area contributed by atoms with E-state index in [1.54, 1.807) is 6.92 Å². The molecule has 5 unspecified atom stereocenters. The van der Waals surface area contributed by atoms with E-state index in [0.717, 1.165) is 0 Å². The van der Waals surface area contributed by atoms with Gasteiger partial charge < -0.3 is 30.7 Å². The third kappa shape index (κ3) is 4.05. The number of nitrogens with one attached hydrogen (secondary N) is 1. The fourth-order valence-corrected chi connectivity index (χ4v) is 5.12. The molecule has 0 amide bonds. The van der Waals surface area contributed by atoms with Crippen LogP contribution in [0, 0.1) is 16.6 Å². The molecule has 1 aliphatic rings. The zero-order valence-electron chi connectivity index (χ0n) is 18.2. The van der Waals surface area contributed by atoms with Crippen LogP contribution >= 0.6 is 11.6 Å². The molecule has 0 saturated carbocycles. The van der Waals surface area contributed by atoms with Crippen molar-refractivity contribution in [1.29, 1.82) is 0 Å². The number of halogens is 3. The van der Waals surface area contributed by atoms with E-state index in [0.29, 0.717) is 0 Å². The molecule has 0 aromatic heterocycles. The summed E-state index contributed by atoms with van der Waals surface area (Å²) in [4.78, 5) is 25.4. The lowest BCUT2D eigenvalue weighted by atomic mass is 9.51. The van der Waals surface area contributed by atoms with Gasteiger partial charge in [-0.15, -0.1) is 0 Å². The Morgan fingerprint density at radius 2 is 1.94 bits per heavy atom. The predicted octanol–water partition coefficient (Wildman–Crippen LogP) is 2.43. The van der Waals surface area contributed by atoms with Gasteiger partial charge in [-0.1, -0.05) is 18.5 Å². The van der Waals surface area contributed by atoms with Crippen LogP contribution < -0.4 is 15.8 Å². The van der Waals surface area contributed by atoms with Crippen molar-refractivity contribution in [1.82, 2.24) is 5.32 Å². The SMILES string of the molecule is CCC1(C(=O)O)C(COCCN)NC(CF)C(C)(C(=O)O)C1c1c(Cl)ccc(OC)c1F. The quantitative estimate of drug-likeness (QED) is 0.377. The minimum Gasteiger partial charge on any atom is -0.494 e. The first-order valence-corrected chi connectivity index (χ1v) is 10.5. The van der Waals surface area contributed by atoms with Crippen LogP contribution in [0.25, 0.3) is 0 Å². The van der Waals surface area contributed by atoms with Crippen LogP contribution in [0.15, 0.2) is 12.1 Å². The van der Waals surface area contributed by atoms with Gasteiger partial charge in [0.1, 0.15) is 6.67 Å². The van der Waals surface area contributed by atoms with Crippen molar-refractivity contribution < 1.29 is 38.1 Å². The van der Waals surface area contributed by atoms with Gasteiger partial charge in [-0.05, 0) is 25.5 Å². The molecule has 1 aromatic rings.